The van der Waals surface area contributed by atoms with Crippen LogP contribution in [0.4, 0.5) is 0 Å². The lowest BCUT2D eigenvalue weighted by atomic mass is 9.97. The van der Waals surface area contributed by atoms with Crippen molar-refractivity contribution in [2.75, 3.05) is 13.1 Å². The molecule has 0 bridgehead atoms. The van der Waals surface area contributed by atoms with Crippen LogP contribution in [-0.4, -0.2) is 29.8 Å². The van der Waals surface area contributed by atoms with Gasteiger partial charge in [0.1, 0.15) is 12.4 Å². The van der Waals surface area contributed by atoms with E-state index >= 15 is 0 Å². The van der Waals surface area contributed by atoms with E-state index in [9.17, 15) is 9.59 Å². The summed E-state index contributed by atoms with van der Waals surface area (Å²) in [5.74, 6) is 0.0435. The molecule has 4 rings (SSSR count). The summed E-state index contributed by atoms with van der Waals surface area (Å²) in [7, 11) is 0. The highest BCUT2D eigenvalue weighted by Gasteiger charge is 2.23. The summed E-state index contributed by atoms with van der Waals surface area (Å²) in [4.78, 5) is 26.8. The molecule has 1 unspecified atom stereocenters. The van der Waals surface area contributed by atoms with Crippen molar-refractivity contribution in [1.29, 1.82) is 0 Å². The summed E-state index contributed by atoms with van der Waals surface area (Å²) < 4.78 is 5.92. The smallest absolute Gasteiger partial charge is 0.255 e. The standard InChI is InChI=1S/C28H30ClN3O3/c29-24-12-10-20(11-13-24)19-35-26-9-2-1-8-25(26)28(34)31-16-21-5-3-6-22(15-21)17-32-14-4-7-23(18-32)27(30)33/h1-3,5-6,8-13,15,23H,4,7,14,16-19H2,(H2,30,33)(H,31,34). The van der Waals surface area contributed by atoms with E-state index in [0.717, 1.165) is 42.6 Å². The number of rotatable bonds is 9. The van der Waals surface area contributed by atoms with Crippen molar-refractivity contribution in [1.82, 2.24) is 10.2 Å². The molecule has 0 spiro atoms. The number of amides is 2. The van der Waals surface area contributed by atoms with Gasteiger partial charge in [0.25, 0.3) is 5.91 Å². The number of carbonyl (C=O) groups is 2. The third kappa shape index (κ3) is 7.07. The molecule has 3 aromatic carbocycles. The molecule has 1 aliphatic heterocycles. The van der Waals surface area contributed by atoms with E-state index in [4.69, 9.17) is 22.1 Å². The molecule has 3 aromatic rings. The van der Waals surface area contributed by atoms with Crippen molar-refractivity contribution in [3.8, 4) is 5.75 Å². The SMILES string of the molecule is NC(=O)C1CCCN(Cc2cccc(CNC(=O)c3ccccc3OCc3ccc(Cl)cc3)c2)C1. The van der Waals surface area contributed by atoms with E-state index in [1.165, 1.54) is 0 Å². The maximum Gasteiger partial charge on any atom is 0.255 e. The van der Waals surface area contributed by atoms with Crippen LogP contribution < -0.4 is 15.8 Å². The van der Waals surface area contributed by atoms with E-state index in [-0.39, 0.29) is 17.7 Å². The maximum absolute atomic E-state index is 12.9. The fraction of sp³-hybridized carbons (Fsp3) is 0.286. The number of hydrogen-bond donors (Lipinski definition) is 2. The monoisotopic (exact) mass is 491 g/mol. The Balaban J connectivity index is 1.34. The maximum atomic E-state index is 12.9. The Morgan fingerprint density at radius 1 is 1.00 bits per heavy atom. The van der Waals surface area contributed by atoms with Gasteiger partial charge in [-0.2, -0.15) is 0 Å². The van der Waals surface area contributed by atoms with Gasteiger partial charge >= 0.3 is 0 Å². The minimum absolute atomic E-state index is 0.0757. The van der Waals surface area contributed by atoms with E-state index in [2.05, 4.69) is 22.3 Å². The molecule has 1 fully saturated rings. The Hall–Kier alpha value is -3.35. The molecule has 3 N–H and O–H groups in total. The fourth-order valence-electron chi connectivity index (χ4n) is 4.33. The van der Waals surface area contributed by atoms with E-state index in [1.807, 2.05) is 48.5 Å². The lowest BCUT2D eigenvalue weighted by molar-refractivity contribution is -0.123. The lowest BCUT2D eigenvalue weighted by Crippen LogP contribution is -2.40. The number of halogens is 1. The minimum Gasteiger partial charge on any atom is -0.488 e. The number of hydrogen-bond acceptors (Lipinski definition) is 4. The molecule has 0 radical (unpaired) electrons. The van der Waals surface area contributed by atoms with E-state index in [1.54, 1.807) is 12.1 Å². The molecule has 2 amide bonds. The highest BCUT2D eigenvalue weighted by Crippen LogP contribution is 2.21. The highest BCUT2D eigenvalue weighted by molar-refractivity contribution is 6.30. The van der Waals surface area contributed by atoms with Gasteiger partial charge in [-0.3, -0.25) is 14.5 Å². The third-order valence-electron chi connectivity index (χ3n) is 6.20. The van der Waals surface area contributed by atoms with Crippen molar-refractivity contribution in [2.24, 2.45) is 11.7 Å². The number of ether oxygens (including phenoxy) is 1. The topological polar surface area (TPSA) is 84.7 Å². The summed E-state index contributed by atoms with van der Waals surface area (Å²) in [5, 5.41) is 3.67. The number of primary amides is 1. The second-order valence-electron chi connectivity index (χ2n) is 8.89. The molecule has 1 aliphatic rings. The van der Waals surface area contributed by atoms with Crippen LogP contribution in [0, 0.1) is 5.92 Å². The zero-order chi connectivity index (χ0) is 24.6. The predicted octanol–water partition coefficient (Wildman–Crippen LogP) is 4.55. The molecule has 35 heavy (non-hydrogen) atoms. The summed E-state index contributed by atoms with van der Waals surface area (Å²) in [5.41, 5.74) is 9.13. The number of nitrogens with two attached hydrogens (primary N) is 1. The normalized spacial score (nSPS) is 16.0. The molecule has 0 saturated carbocycles. The van der Waals surface area contributed by atoms with Gasteiger partial charge < -0.3 is 15.8 Å². The third-order valence-corrected chi connectivity index (χ3v) is 6.45. The van der Waals surface area contributed by atoms with Crippen molar-refractivity contribution < 1.29 is 14.3 Å². The van der Waals surface area contributed by atoms with Crippen LogP contribution in [-0.2, 0) is 24.5 Å². The van der Waals surface area contributed by atoms with Crippen molar-refractivity contribution >= 4 is 23.4 Å². The number of para-hydroxylation sites is 1. The molecule has 1 heterocycles. The van der Waals surface area contributed by atoms with Crippen molar-refractivity contribution in [3.05, 3.63) is 100 Å². The van der Waals surface area contributed by atoms with Crippen LogP contribution in [0.1, 0.15) is 39.9 Å². The van der Waals surface area contributed by atoms with Crippen molar-refractivity contribution in [2.45, 2.75) is 32.5 Å². The molecule has 0 aromatic heterocycles. The first-order valence-corrected chi connectivity index (χ1v) is 12.2. The van der Waals surface area contributed by atoms with Crippen LogP contribution in [0.5, 0.6) is 5.75 Å². The van der Waals surface area contributed by atoms with Gasteiger partial charge in [-0.25, -0.2) is 0 Å². The van der Waals surface area contributed by atoms with Gasteiger partial charge in [0, 0.05) is 24.7 Å². The van der Waals surface area contributed by atoms with Gasteiger partial charge in [-0.05, 0) is 60.3 Å². The zero-order valence-corrected chi connectivity index (χ0v) is 20.3. The average Bonchev–Trinajstić information content (AvgIpc) is 2.87. The predicted molar refractivity (Wildman–Crippen MR) is 137 cm³/mol. The van der Waals surface area contributed by atoms with Crippen LogP contribution in [0.25, 0.3) is 0 Å². The molecule has 1 saturated heterocycles. The van der Waals surface area contributed by atoms with E-state index < -0.39 is 0 Å². The highest BCUT2D eigenvalue weighted by atomic mass is 35.5. The van der Waals surface area contributed by atoms with Crippen LogP contribution >= 0.6 is 11.6 Å². The molecule has 6 nitrogen and oxygen atoms in total. The summed E-state index contributed by atoms with van der Waals surface area (Å²) in [6.45, 7) is 3.16. The first-order valence-electron chi connectivity index (χ1n) is 11.8. The molecular weight excluding hydrogens is 462 g/mol. The number of likely N-dealkylation sites (tertiary alicyclic amines) is 1. The van der Waals surface area contributed by atoms with E-state index in [0.29, 0.717) is 36.0 Å². The number of nitrogens with one attached hydrogen (secondary N) is 1. The number of nitrogens with zero attached hydrogens (tertiary/aromatic N) is 1. The van der Waals surface area contributed by atoms with Crippen LogP contribution in [0.2, 0.25) is 5.02 Å². The Labute approximate surface area is 211 Å². The Morgan fingerprint density at radius 3 is 2.57 bits per heavy atom. The first-order chi connectivity index (χ1) is 17.0. The van der Waals surface area contributed by atoms with Gasteiger partial charge in [-0.15, -0.1) is 0 Å². The van der Waals surface area contributed by atoms with Crippen molar-refractivity contribution in [3.63, 3.8) is 0 Å². The molecule has 7 heteroatoms. The summed E-state index contributed by atoms with van der Waals surface area (Å²) in [6.07, 6.45) is 1.84. The number of benzene rings is 3. The number of carbonyl (C=O) groups excluding carboxylic acids is 2. The second-order valence-corrected chi connectivity index (χ2v) is 9.33. The Bertz CT molecular complexity index is 1170. The Kier molecular flexibility index (Phi) is 8.40. The minimum atomic E-state index is -0.219. The lowest BCUT2D eigenvalue weighted by Gasteiger charge is -2.31. The summed E-state index contributed by atoms with van der Waals surface area (Å²) in [6, 6.07) is 22.8. The first kappa shape index (κ1) is 24.8. The summed E-state index contributed by atoms with van der Waals surface area (Å²) >= 11 is 5.94. The van der Waals surface area contributed by atoms with Gasteiger partial charge in [0.05, 0.1) is 11.5 Å². The quantitative estimate of drug-likeness (QED) is 0.460. The van der Waals surface area contributed by atoms with Gasteiger partial charge in [0.2, 0.25) is 5.91 Å². The molecule has 1 atom stereocenters. The molecule has 0 aliphatic carbocycles. The molecular formula is C28H30ClN3O3. The van der Waals surface area contributed by atoms with Crippen LogP contribution in [0.15, 0.2) is 72.8 Å². The Morgan fingerprint density at radius 2 is 1.77 bits per heavy atom. The zero-order valence-electron chi connectivity index (χ0n) is 19.6. The largest absolute Gasteiger partial charge is 0.488 e. The average molecular weight is 492 g/mol. The van der Waals surface area contributed by atoms with Crippen LogP contribution in [0.3, 0.4) is 0 Å². The fourth-order valence-corrected chi connectivity index (χ4v) is 4.45. The molecule has 182 valence electrons. The second kappa shape index (κ2) is 11.9. The number of piperidine rings is 1. The van der Waals surface area contributed by atoms with Gasteiger partial charge in [0.15, 0.2) is 0 Å². The van der Waals surface area contributed by atoms with Gasteiger partial charge in [-0.1, -0.05) is 60.1 Å².